The molecule has 2 heterocycles. The van der Waals surface area contributed by atoms with E-state index in [1.807, 2.05) is 18.3 Å². The molecule has 140 valence electrons. The first-order chi connectivity index (χ1) is 13.7. The van der Waals surface area contributed by atoms with Crippen molar-refractivity contribution in [3.05, 3.63) is 71.8 Å². The van der Waals surface area contributed by atoms with Gasteiger partial charge in [-0.3, -0.25) is 0 Å². The number of nitriles is 1. The van der Waals surface area contributed by atoms with Gasteiger partial charge in [0.2, 0.25) is 0 Å². The number of nitrogens with zero attached hydrogens (tertiary/aromatic N) is 3. The molecule has 0 aliphatic heterocycles. The maximum atomic E-state index is 13.2. The second-order valence-electron chi connectivity index (χ2n) is 6.90. The molecule has 0 amide bonds. The van der Waals surface area contributed by atoms with E-state index in [4.69, 9.17) is 10.00 Å². The minimum atomic E-state index is -0.316. The van der Waals surface area contributed by atoms with Crippen molar-refractivity contribution in [1.82, 2.24) is 9.97 Å². The Labute approximate surface area is 162 Å². The Balaban J connectivity index is 1.58. The number of benzene rings is 1. The van der Waals surface area contributed by atoms with Crippen LogP contribution in [0, 0.1) is 23.1 Å². The van der Waals surface area contributed by atoms with E-state index < -0.39 is 0 Å². The SMILES string of the molecule is N#Cc1ccc(Nc2ncc(CCC3CC3)cc2Oc2ccc(F)cc2)nc1. The molecule has 0 spiro atoms. The van der Waals surface area contributed by atoms with Crippen LogP contribution in [0.5, 0.6) is 11.5 Å². The minimum absolute atomic E-state index is 0.316. The Hall–Kier alpha value is -3.46. The first-order valence-electron chi connectivity index (χ1n) is 9.25. The summed E-state index contributed by atoms with van der Waals surface area (Å²) in [5.74, 6) is 2.66. The summed E-state index contributed by atoms with van der Waals surface area (Å²) < 4.78 is 19.2. The van der Waals surface area contributed by atoms with Crippen molar-refractivity contribution in [3.63, 3.8) is 0 Å². The largest absolute Gasteiger partial charge is 0.453 e. The van der Waals surface area contributed by atoms with Gasteiger partial charge in [0.1, 0.15) is 23.5 Å². The molecule has 0 bridgehead atoms. The van der Waals surface area contributed by atoms with Crippen molar-refractivity contribution >= 4 is 11.6 Å². The average Bonchev–Trinajstić information content (AvgIpc) is 3.55. The lowest BCUT2D eigenvalue weighted by Gasteiger charge is -2.13. The average molecular weight is 374 g/mol. The topological polar surface area (TPSA) is 70.8 Å². The molecule has 0 unspecified atom stereocenters. The first-order valence-corrected chi connectivity index (χ1v) is 9.25. The highest BCUT2D eigenvalue weighted by Gasteiger charge is 2.21. The van der Waals surface area contributed by atoms with E-state index in [-0.39, 0.29) is 5.82 Å². The second-order valence-corrected chi connectivity index (χ2v) is 6.90. The van der Waals surface area contributed by atoms with E-state index in [0.717, 1.165) is 24.3 Å². The van der Waals surface area contributed by atoms with Gasteiger partial charge in [-0.2, -0.15) is 5.26 Å². The number of anilines is 2. The van der Waals surface area contributed by atoms with Gasteiger partial charge in [-0.15, -0.1) is 0 Å². The van der Waals surface area contributed by atoms with Crippen LogP contribution in [0.1, 0.15) is 30.4 Å². The number of rotatable bonds is 7. The molecule has 0 saturated heterocycles. The lowest BCUT2D eigenvalue weighted by molar-refractivity contribution is 0.479. The molecule has 0 atom stereocenters. The smallest absolute Gasteiger partial charge is 0.175 e. The number of hydrogen-bond acceptors (Lipinski definition) is 5. The molecular formula is C22H19FN4O. The Morgan fingerprint density at radius 2 is 1.93 bits per heavy atom. The molecule has 6 heteroatoms. The Morgan fingerprint density at radius 1 is 1.11 bits per heavy atom. The molecule has 0 radical (unpaired) electrons. The van der Waals surface area contributed by atoms with Gasteiger partial charge < -0.3 is 10.1 Å². The second kappa shape index (κ2) is 8.05. The van der Waals surface area contributed by atoms with Crippen molar-refractivity contribution in [2.75, 3.05) is 5.32 Å². The number of ether oxygens (including phenoxy) is 1. The summed E-state index contributed by atoms with van der Waals surface area (Å²) in [4.78, 5) is 8.73. The predicted octanol–water partition coefficient (Wildman–Crippen LogP) is 5.37. The Bertz CT molecular complexity index is 993. The van der Waals surface area contributed by atoms with Crippen LogP contribution in [0.2, 0.25) is 0 Å². The summed E-state index contributed by atoms with van der Waals surface area (Å²) >= 11 is 0. The van der Waals surface area contributed by atoms with Crippen molar-refractivity contribution in [2.45, 2.75) is 25.7 Å². The molecule has 1 saturated carbocycles. The van der Waals surface area contributed by atoms with E-state index >= 15 is 0 Å². The van der Waals surface area contributed by atoms with Gasteiger partial charge in [0.15, 0.2) is 11.6 Å². The molecule has 1 fully saturated rings. The third kappa shape index (κ3) is 4.63. The van der Waals surface area contributed by atoms with Gasteiger partial charge in [-0.05, 0) is 66.8 Å². The van der Waals surface area contributed by atoms with E-state index in [1.165, 1.54) is 31.2 Å². The fraction of sp³-hybridized carbons (Fsp3) is 0.227. The highest BCUT2D eigenvalue weighted by Crippen LogP contribution is 2.35. The molecule has 4 rings (SSSR count). The van der Waals surface area contributed by atoms with Gasteiger partial charge in [-0.1, -0.05) is 12.8 Å². The summed E-state index contributed by atoms with van der Waals surface area (Å²) in [6, 6.07) is 13.3. The molecule has 1 aliphatic carbocycles. The van der Waals surface area contributed by atoms with Gasteiger partial charge in [0.25, 0.3) is 0 Å². The molecular weight excluding hydrogens is 355 g/mol. The number of aryl methyl sites for hydroxylation is 1. The van der Waals surface area contributed by atoms with E-state index in [1.54, 1.807) is 24.3 Å². The zero-order valence-electron chi connectivity index (χ0n) is 15.2. The zero-order valence-corrected chi connectivity index (χ0v) is 15.2. The predicted molar refractivity (Wildman–Crippen MR) is 104 cm³/mol. The van der Waals surface area contributed by atoms with Crippen LogP contribution >= 0.6 is 0 Å². The maximum Gasteiger partial charge on any atom is 0.175 e. The fourth-order valence-electron chi connectivity index (χ4n) is 2.86. The Morgan fingerprint density at radius 3 is 2.61 bits per heavy atom. The fourth-order valence-corrected chi connectivity index (χ4v) is 2.86. The summed E-state index contributed by atoms with van der Waals surface area (Å²) in [5, 5.41) is 12.0. The Kier molecular flexibility index (Phi) is 5.16. The number of nitrogens with one attached hydrogen (secondary N) is 1. The standard InChI is InChI=1S/C22H19FN4O/c23-18-6-8-19(9-7-18)28-20-11-16(4-3-15-1-2-15)13-26-22(20)27-21-10-5-17(12-24)14-25-21/h5-11,13-15H,1-4H2,(H,25,26,27). The minimum Gasteiger partial charge on any atom is -0.453 e. The number of hydrogen-bond donors (Lipinski definition) is 1. The van der Waals surface area contributed by atoms with Crippen LogP contribution in [0.25, 0.3) is 0 Å². The van der Waals surface area contributed by atoms with Gasteiger partial charge in [0, 0.05) is 12.4 Å². The molecule has 1 aliphatic rings. The summed E-state index contributed by atoms with van der Waals surface area (Å²) in [5.41, 5.74) is 1.58. The van der Waals surface area contributed by atoms with Crippen molar-refractivity contribution in [2.24, 2.45) is 5.92 Å². The van der Waals surface area contributed by atoms with Crippen LogP contribution in [-0.4, -0.2) is 9.97 Å². The summed E-state index contributed by atoms with van der Waals surface area (Å²) in [6.45, 7) is 0. The third-order valence-corrected chi connectivity index (χ3v) is 4.63. The van der Waals surface area contributed by atoms with Crippen LogP contribution in [0.15, 0.2) is 54.9 Å². The van der Waals surface area contributed by atoms with Crippen molar-refractivity contribution < 1.29 is 9.13 Å². The van der Waals surface area contributed by atoms with Gasteiger partial charge in [0.05, 0.1) is 5.56 Å². The van der Waals surface area contributed by atoms with Crippen molar-refractivity contribution in [3.8, 4) is 17.6 Å². The monoisotopic (exact) mass is 374 g/mol. The van der Waals surface area contributed by atoms with Crippen molar-refractivity contribution in [1.29, 1.82) is 5.26 Å². The number of halogens is 1. The van der Waals surface area contributed by atoms with Crippen LogP contribution < -0.4 is 10.1 Å². The molecule has 28 heavy (non-hydrogen) atoms. The molecule has 1 aromatic carbocycles. The number of pyridine rings is 2. The summed E-state index contributed by atoms with van der Waals surface area (Å²) in [7, 11) is 0. The summed E-state index contributed by atoms with van der Waals surface area (Å²) in [6.07, 6.45) is 8.07. The number of aromatic nitrogens is 2. The lowest BCUT2D eigenvalue weighted by Crippen LogP contribution is -2.01. The van der Waals surface area contributed by atoms with Gasteiger partial charge in [-0.25, -0.2) is 14.4 Å². The van der Waals surface area contributed by atoms with E-state index in [0.29, 0.717) is 28.7 Å². The highest BCUT2D eigenvalue weighted by atomic mass is 19.1. The molecule has 3 aromatic rings. The third-order valence-electron chi connectivity index (χ3n) is 4.63. The van der Waals surface area contributed by atoms with Crippen LogP contribution in [-0.2, 0) is 6.42 Å². The highest BCUT2D eigenvalue weighted by molar-refractivity contribution is 5.61. The lowest BCUT2D eigenvalue weighted by atomic mass is 10.1. The van der Waals surface area contributed by atoms with E-state index in [2.05, 4.69) is 15.3 Å². The molecule has 5 nitrogen and oxygen atoms in total. The van der Waals surface area contributed by atoms with Gasteiger partial charge >= 0.3 is 0 Å². The van der Waals surface area contributed by atoms with E-state index in [9.17, 15) is 4.39 Å². The molecule has 2 aromatic heterocycles. The zero-order chi connectivity index (χ0) is 19.3. The maximum absolute atomic E-state index is 13.2. The van der Waals surface area contributed by atoms with Crippen LogP contribution in [0.4, 0.5) is 16.0 Å². The normalized spacial score (nSPS) is 13.0. The van der Waals surface area contributed by atoms with Crippen LogP contribution in [0.3, 0.4) is 0 Å². The molecule has 1 N–H and O–H groups in total. The first kappa shape index (κ1) is 17.9. The quantitative estimate of drug-likeness (QED) is 0.602.